The minimum Gasteiger partial charge on any atom is -0.328 e. The monoisotopic (exact) mass is 395 g/mol. The average Bonchev–Trinajstić information content (AvgIpc) is 3.01. The van der Waals surface area contributed by atoms with Crippen molar-refractivity contribution in [2.45, 2.75) is 72.0 Å². The van der Waals surface area contributed by atoms with Gasteiger partial charge >= 0.3 is 0 Å². The van der Waals surface area contributed by atoms with Gasteiger partial charge in [-0.2, -0.15) is 0 Å². The molecule has 4 heterocycles. The zero-order valence-electron chi connectivity index (χ0n) is 18.9. The van der Waals surface area contributed by atoms with Crippen molar-refractivity contribution < 1.29 is 0 Å². The van der Waals surface area contributed by atoms with E-state index in [0.717, 1.165) is 31.2 Å². The van der Waals surface area contributed by atoms with Crippen molar-refractivity contribution in [3.05, 3.63) is 47.3 Å². The summed E-state index contributed by atoms with van der Waals surface area (Å²) in [5, 5.41) is 0. The number of rotatable bonds is 5. The van der Waals surface area contributed by atoms with Gasteiger partial charge in [0.15, 0.2) is 0 Å². The Morgan fingerprint density at radius 2 is 1.83 bits per heavy atom. The van der Waals surface area contributed by atoms with Crippen LogP contribution >= 0.6 is 0 Å². The van der Waals surface area contributed by atoms with Crippen LogP contribution in [0.3, 0.4) is 0 Å². The molecule has 2 aromatic rings. The molecular weight excluding hydrogens is 358 g/mol. The van der Waals surface area contributed by atoms with Crippen molar-refractivity contribution in [1.82, 2.24) is 24.3 Å². The highest BCUT2D eigenvalue weighted by molar-refractivity contribution is 5.31. The van der Waals surface area contributed by atoms with Crippen molar-refractivity contribution in [2.24, 2.45) is 5.92 Å². The van der Waals surface area contributed by atoms with Gasteiger partial charge in [-0.25, -0.2) is 4.98 Å². The molecule has 0 saturated carbocycles. The molecule has 29 heavy (non-hydrogen) atoms. The molecule has 2 aliphatic heterocycles. The topological polar surface area (TPSA) is 37.2 Å². The highest BCUT2D eigenvalue weighted by Crippen LogP contribution is 2.42. The Morgan fingerprint density at radius 1 is 1.07 bits per heavy atom. The molecule has 0 amide bonds. The standard InChI is InChI=1S/C24H37N5/c1-18(2)14-27-12-9-24(10-13-27)17-28(15-21-8-6-7-11-25-21)16-22-23(24)26-20(5)29(22)19(3)4/h6-8,11,18-19H,9-10,12-17H2,1-5H3. The average molecular weight is 396 g/mol. The molecule has 0 unspecified atom stereocenters. The second kappa shape index (κ2) is 8.19. The number of aromatic nitrogens is 3. The largest absolute Gasteiger partial charge is 0.328 e. The van der Waals surface area contributed by atoms with E-state index in [4.69, 9.17) is 4.98 Å². The highest BCUT2D eigenvalue weighted by atomic mass is 15.2. The van der Waals surface area contributed by atoms with Gasteiger partial charge in [-0.15, -0.1) is 0 Å². The Kier molecular flexibility index (Phi) is 5.80. The van der Waals surface area contributed by atoms with Crippen molar-refractivity contribution >= 4 is 0 Å². The summed E-state index contributed by atoms with van der Waals surface area (Å²) >= 11 is 0. The van der Waals surface area contributed by atoms with E-state index >= 15 is 0 Å². The zero-order chi connectivity index (χ0) is 20.6. The van der Waals surface area contributed by atoms with Crippen LogP contribution in [0.2, 0.25) is 0 Å². The number of fused-ring (bicyclic) bond motifs is 2. The van der Waals surface area contributed by atoms with Crippen molar-refractivity contribution in [1.29, 1.82) is 0 Å². The third-order valence-corrected chi connectivity index (χ3v) is 6.65. The number of hydrogen-bond acceptors (Lipinski definition) is 4. The van der Waals surface area contributed by atoms with Crippen LogP contribution in [0, 0.1) is 12.8 Å². The number of aryl methyl sites for hydroxylation is 1. The SMILES string of the molecule is Cc1nc2c(n1C(C)C)CN(Cc1ccccn1)CC21CCN(CC(C)C)CC1. The number of hydrogen-bond donors (Lipinski definition) is 0. The summed E-state index contributed by atoms with van der Waals surface area (Å²) in [4.78, 5) is 15.0. The second-order valence-corrected chi connectivity index (χ2v) is 9.86. The van der Waals surface area contributed by atoms with E-state index in [2.05, 4.69) is 66.1 Å². The van der Waals surface area contributed by atoms with Gasteiger partial charge < -0.3 is 9.47 Å². The number of imidazole rings is 1. The van der Waals surface area contributed by atoms with Crippen LogP contribution in [-0.4, -0.2) is 50.5 Å². The third-order valence-electron chi connectivity index (χ3n) is 6.65. The first-order valence-electron chi connectivity index (χ1n) is 11.3. The number of likely N-dealkylation sites (tertiary alicyclic amines) is 1. The molecule has 4 rings (SSSR count). The lowest BCUT2D eigenvalue weighted by molar-refractivity contribution is 0.0835. The van der Waals surface area contributed by atoms with Gasteiger partial charge in [0, 0.05) is 43.8 Å². The Balaban J connectivity index is 1.65. The van der Waals surface area contributed by atoms with Gasteiger partial charge in [0.2, 0.25) is 0 Å². The molecule has 158 valence electrons. The molecule has 0 atom stereocenters. The van der Waals surface area contributed by atoms with E-state index in [1.54, 1.807) is 0 Å². The quantitative estimate of drug-likeness (QED) is 0.761. The summed E-state index contributed by atoms with van der Waals surface area (Å²) in [7, 11) is 0. The first-order chi connectivity index (χ1) is 13.9. The molecule has 2 aromatic heterocycles. The van der Waals surface area contributed by atoms with E-state index < -0.39 is 0 Å². The molecule has 0 aromatic carbocycles. The maximum absolute atomic E-state index is 5.18. The van der Waals surface area contributed by atoms with E-state index in [1.807, 2.05) is 12.3 Å². The molecule has 1 fully saturated rings. The molecule has 2 aliphatic rings. The fourth-order valence-electron chi connectivity index (χ4n) is 5.53. The van der Waals surface area contributed by atoms with Gasteiger partial charge in [0.1, 0.15) is 5.82 Å². The van der Waals surface area contributed by atoms with Crippen LogP contribution in [0.1, 0.15) is 69.5 Å². The van der Waals surface area contributed by atoms with Crippen LogP contribution in [-0.2, 0) is 18.5 Å². The minimum atomic E-state index is 0.181. The van der Waals surface area contributed by atoms with E-state index in [1.165, 1.54) is 49.7 Å². The lowest BCUT2D eigenvalue weighted by Crippen LogP contribution is -2.52. The normalized spacial score (nSPS) is 20.0. The molecule has 0 radical (unpaired) electrons. The molecule has 5 heteroatoms. The maximum Gasteiger partial charge on any atom is 0.106 e. The third kappa shape index (κ3) is 4.13. The summed E-state index contributed by atoms with van der Waals surface area (Å²) in [6.07, 6.45) is 4.33. The fourth-order valence-corrected chi connectivity index (χ4v) is 5.53. The second-order valence-electron chi connectivity index (χ2n) is 9.86. The predicted octanol–water partition coefficient (Wildman–Crippen LogP) is 4.17. The first kappa shape index (κ1) is 20.5. The molecule has 1 spiro atoms. The zero-order valence-corrected chi connectivity index (χ0v) is 18.9. The van der Waals surface area contributed by atoms with Crippen molar-refractivity contribution in [2.75, 3.05) is 26.2 Å². The summed E-state index contributed by atoms with van der Waals surface area (Å²) in [6.45, 7) is 18.0. The highest BCUT2D eigenvalue weighted by Gasteiger charge is 2.45. The summed E-state index contributed by atoms with van der Waals surface area (Å²) in [5.74, 6) is 1.91. The lowest BCUT2D eigenvalue weighted by atomic mass is 9.72. The van der Waals surface area contributed by atoms with Gasteiger partial charge in [0.25, 0.3) is 0 Å². The van der Waals surface area contributed by atoms with Crippen LogP contribution in [0.15, 0.2) is 24.4 Å². The molecule has 0 bridgehead atoms. The molecular formula is C24H37N5. The molecule has 5 nitrogen and oxygen atoms in total. The van der Waals surface area contributed by atoms with Crippen LogP contribution in [0.4, 0.5) is 0 Å². The molecule has 1 saturated heterocycles. The Labute approximate surface area is 176 Å². The summed E-state index contributed by atoms with van der Waals surface area (Å²) in [6, 6.07) is 6.69. The van der Waals surface area contributed by atoms with Gasteiger partial charge in [0.05, 0.1) is 17.1 Å². The summed E-state index contributed by atoms with van der Waals surface area (Å²) < 4.78 is 2.47. The van der Waals surface area contributed by atoms with Gasteiger partial charge in [-0.1, -0.05) is 19.9 Å². The number of nitrogens with zero attached hydrogens (tertiary/aromatic N) is 5. The molecule has 0 N–H and O–H groups in total. The smallest absolute Gasteiger partial charge is 0.106 e. The van der Waals surface area contributed by atoms with Gasteiger partial charge in [-0.05, 0) is 64.8 Å². The number of pyridine rings is 1. The van der Waals surface area contributed by atoms with Crippen LogP contribution < -0.4 is 0 Å². The van der Waals surface area contributed by atoms with Crippen LogP contribution in [0.5, 0.6) is 0 Å². The van der Waals surface area contributed by atoms with Crippen molar-refractivity contribution in [3.63, 3.8) is 0 Å². The Bertz CT molecular complexity index is 815. The van der Waals surface area contributed by atoms with E-state index in [-0.39, 0.29) is 5.41 Å². The van der Waals surface area contributed by atoms with Crippen molar-refractivity contribution in [3.8, 4) is 0 Å². The lowest BCUT2D eigenvalue weighted by Gasteiger charge is -2.47. The maximum atomic E-state index is 5.18. The number of piperidine rings is 1. The Morgan fingerprint density at radius 3 is 2.45 bits per heavy atom. The van der Waals surface area contributed by atoms with Gasteiger partial charge in [-0.3, -0.25) is 9.88 Å². The Hall–Kier alpha value is -1.72. The predicted molar refractivity (Wildman–Crippen MR) is 118 cm³/mol. The molecule has 0 aliphatic carbocycles. The van der Waals surface area contributed by atoms with E-state index in [0.29, 0.717) is 6.04 Å². The van der Waals surface area contributed by atoms with Crippen LogP contribution in [0.25, 0.3) is 0 Å². The minimum absolute atomic E-state index is 0.181. The first-order valence-corrected chi connectivity index (χ1v) is 11.3. The van der Waals surface area contributed by atoms with E-state index in [9.17, 15) is 0 Å². The fraction of sp³-hybridized carbons (Fsp3) is 0.667. The summed E-state index contributed by atoms with van der Waals surface area (Å²) in [5.41, 5.74) is 4.18.